The van der Waals surface area contributed by atoms with Crippen LogP contribution in [-0.2, 0) is 0 Å². The summed E-state index contributed by atoms with van der Waals surface area (Å²) >= 11 is 1.73. The van der Waals surface area contributed by atoms with Crippen LogP contribution in [0.15, 0.2) is 4.90 Å². The first kappa shape index (κ1) is 9.80. The molecule has 0 atom stereocenters. The fraction of sp³-hybridized carbons (Fsp3) is 0.444. The Morgan fingerprint density at radius 3 is 2.25 bits per heavy atom. The maximum atomic E-state index is 4.40. The van der Waals surface area contributed by atoms with Gasteiger partial charge in [-0.1, -0.05) is 0 Å². The van der Waals surface area contributed by atoms with E-state index in [1.807, 2.05) is 6.92 Å². The Bertz CT molecular complexity index is 310. The van der Waals surface area contributed by atoms with E-state index in [2.05, 4.69) is 35.3 Å². The zero-order valence-electron chi connectivity index (χ0n) is 7.86. The molecule has 3 heteroatoms. The Labute approximate surface area is 81.4 Å². The number of rotatable bonds is 1. The predicted octanol–water partition coefficient (Wildman–Crippen LogP) is 1.52. The second-order valence-electron chi connectivity index (χ2n) is 2.83. The SMILES string of the molecule is CSc1c([Si])nc(C)c(C)c1C. The van der Waals surface area contributed by atoms with Crippen molar-refractivity contribution in [1.29, 1.82) is 0 Å². The van der Waals surface area contributed by atoms with Crippen molar-refractivity contribution in [1.82, 2.24) is 4.98 Å². The molecular formula is C9H12NSSi. The third kappa shape index (κ3) is 1.57. The molecule has 3 radical (unpaired) electrons. The van der Waals surface area contributed by atoms with Crippen LogP contribution in [0, 0.1) is 20.8 Å². The molecule has 63 valence electrons. The minimum Gasteiger partial charge on any atom is -0.262 e. The van der Waals surface area contributed by atoms with Crippen molar-refractivity contribution in [3.8, 4) is 0 Å². The molecule has 12 heavy (non-hydrogen) atoms. The quantitative estimate of drug-likeness (QED) is 0.497. The van der Waals surface area contributed by atoms with E-state index in [9.17, 15) is 0 Å². The van der Waals surface area contributed by atoms with E-state index in [0.717, 1.165) is 11.0 Å². The van der Waals surface area contributed by atoms with Crippen LogP contribution in [0.1, 0.15) is 16.8 Å². The molecule has 0 N–H and O–H groups in total. The average Bonchev–Trinajstić information content (AvgIpc) is 2.01. The van der Waals surface area contributed by atoms with Crippen LogP contribution in [-0.4, -0.2) is 21.5 Å². The van der Waals surface area contributed by atoms with Crippen LogP contribution in [0.2, 0.25) is 0 Å². The molecular weight excluding hydrogens is 182 g/mol. The molecule has 0 saturated carbocycles. The molecule has 1 aromatic heterocycles. The lowest BCUT2D eigenvalue weighted by Gasteiger charge is -2.11. The molecule has 1 aromatic rings. The fourth-order valence-corrected chi connectivity index (χ4v) is 2.53. The van der Waals surface area contributed by atoms with Crippen molar-refractivity contribution in [3.63, 3.8) is 0 Å². The van der Waals surface area contributed by atoms with Gasteiger partial charge in [-0.2, -0.15) is 0 Å². The molecule has 0 fully saturated rings. The van der Waals surface area contributed by atoms with E-state index in [-0.39, 0.29) is 0 Å². The zero-order valence-corrected chi connectivity index (χ0v) is 9.67. The molecule has 0 aromatic carbocycles. The van der Waals surface area contributed by atoms with Gasteiger partial charge in [0.25, 0.3) is 0 Å². The van der Waals surface area contributed by atoms with Gasteiger partial charge in [0.1, 0.15) is 10.2 Å². The van der Waals surface area contributed by atoms with Gasteiger partial charge in [-0.05, 0) is 38.2 Å². The van der Waals surface area contributed by atoms with Crippen molar-refractivity contribution in [2.75, 3.05) is 6.26 Å². The van der Waals surface area contributed by atoms with Gasteiger partial charge in [0.2, 0.25) is 0 Å². The largest absolute Gasteiger partial charge is 0.262 e. The summed E-state index contributed by atoms with van der Waals surface area (Å²) in [7, 11) is 3.51. The van der Waals surface area contributed by atoms with E-state index >= 15 is 0 Å². The van der Waals surface area contributed by atoms with Crippen molar-refractivity contribution >= 4 is 27.3 Å². The zero-order chi connectivity index (χ0) is 9.30. The number of aromatic nitrogens is 1. The van der Waals surface area contributed by atoms with E-state index in [0.29, 0.717) is 0 Å². The molecule has 1 rings (SSSR count). The van der Waals surface area contributed by atoms with E-state index < -0.39 is 0 Å². The minimum atomic E-state index is 0.961. The maximum absolute atomic E-state index is 4.40. The highest BCUT2D eigenvalue weighted by Gasteiger charge is 2.07. The highest BCUT2D eigenvalue weighted by atomic mass is 32.2. The first-order valence-corrected chi connectivity index (χ1v) is 5.53. The highest BCUT2D eigenvalue weighted by Crippen LogP contribution is 2.20. The summed E-state index contributed by atoms with van der Waals surface area (Å²) in [5.41, 5.74) is 3.73. The smallest absolute Gasteiger partial charge is 0.101 e. The molecule has 0 amide bonds. The van der Waals surface area contributed by atoms with E-state index in [1.165, 1.54) is 16.0 Å². The summed E-state index contributed by atoms with van der Waals surface area (Å²) in [6.07, 6.45) is 2.07. The first-order valence-electron chi connectivity index (χ1n) is 3.81. The standard InChI is InChI=1S/C9H12NSSi/c1-5-6(2)8(11-4)9(12)10-7(5)3/h1-4H3. The number of pyridine rings is 1. The Morgan fingerprint density at radius 2 is 1.75 bits per heavy atom. The minimum absolute atomic E-state index is 0.961. The second-order valence-corrected chi connectivity index (χ2v) is 4.12. The van der Waals surface area contributed by atoms with Gasteiger partial charge in [0.05, 0.1) is 0 Å². The summed E-state index contributed by atoms with van der Waals surface area (Å²) in [5.74, 6) is 0. The fourth-order valence-electron chi connectivity index (χ4n) is 1.17. The van der Waals surface area contributed by atoms with Crippen molar-refractivity contribution < 1.29 is 0 Å². The molecule has 0 spiro atoms. The lowest BCUT2D eigenvalue weighted by Crippen LogP contribution is -2.15. The average molecular weight is 194 g/mol. The van der Waals surface area contributed by atoms with Gasteiger partial charge in [-0.15, -0.1) is 11.8 Å². The van der Waals surface area contributed by atoms with Crippen LogP contribution in [0.3, 0.4) is 0 Å². The Kier molecular flexibility index (Phi) is 2.96. The van der Waals surface area contributed by atoms with Gasteiger partial charge in [-0.3, -0.25) is 4.98 Å². The molecule has 0 aliphatic heterocycles. The maximum Gasteiger partial charge on any atom is 0.101 e. The summed E-state index contributed by atoms with van der Waals surface area (Å²) in [6.45, 7) is 6.29. The third-order valence-electron chi connectivity index (χ3n) is 2.14. The number of thioether (sulfide) groups is 1. The molecule has 0 bridgehead atoms. The lowest BCUT2D eigenvalue weighted by atomic mass is 10.1. The third-order valence-corrected chi connectivity index (χ3v) is 3.60. The molecule has 1 heterocycles. The van der Waals surface area contributed by atoms with Crippen molar-refractivity contribution in [2.24, 2.45) is 0 Å². The lowest BCUT2D eigenvalue weighted by molar-refractivity contribution is 1.09. The molecule has 0 aliphatic rings. The summed E-state index contributed by atoms with van der Waals surface area (Å²) < 4.78 is 0. The van der Waals surface area contributed by atoms with E-state index in [4.69, 9.17) is 0 Å². The Balaban J connectivity index is 3.40. The van der Waals surface area contributed by atoms with E-state index in [1.54, 1.807) is 11.8 Å². The first-order chi connectivity index (χ1) is 5.57. The van der Waals surface area contributed by atoms with Crippen LogP contribution < -0.4 is 5.32 Å². The number of hydrogen-bond donors (Lipinski definition) is 0. The number of aryl methyl sites for hydroxylation is 1. The summed E-state index contributed by atoms with van der Waals surface area (Å²) in [6, 6.07) is 0. The van der Waals surface area contributed by atoms with Gasteiger partial charge in [0, 0.05) is 15.9 Å². The van der Waals surface area contributed by atoms with Gasteiger partial charge >= 0.3 is 0 Å². The second kappa shape index (κ2) is 3.62. The van der Waals surface area contributed by atoms with Crippen LogP contribution in [0.25, 0.3) is 0 Å². The van der Waals surface area contributed by atoms with Crippen LogP contribution in [0.4, 0.5) is 0 Å². The Morgan fingerprint density at radius 1 is 1.17 bits per heavy atom. The highest BCUT2D eigenvalue weighted by molar-refractivity contribution is 7.98. The van der Waals surface area contributed by atoms with Gasteiger partial charge in [0.15, 0.2) is 0 Å². The summed E-state index contributed by atoms with van der Waals surface area (Å²) in [4.78, 5) is 5.64. The van der Waals surface area contributed by atoms with Crippen LogP contribution in [0.5, 0.6) is 0 Å². The van der Waals surface area contributed by atoms with Gasteiger partial charge in [-0.25, -0.2) is 0 Å². The monoisotopic (exact) mass is 194 g/mol. The number of nitrogens with zero attached hydrogens (tertiary/aromatic N) is 1. The van der Waals surface area contributed by atoms with Crippen LogP contribution >= 0.6 is 11.8 Å². The molecule has 0 unspecified atom stereocenters. The predicted molar refractivity (Wildman–Crippen MR) is 55.6 cm³/mol. The summed E-state index contributed by atoms with van der Waals surface area (Å²) in [5, 5.41) is 0.961. The van der Waals surface area contributed by atoms with Gasteiger partial charge < -0.3 is 0 Å². The molecule has 0 aliphatic carbocycles. The van der Waals surface area contributed by atoms with Crippen molar-refractivity contribution in [2.45, 2.75) is 25.7 Å². The molecule has 1 nitrogen and oxygen atoms in total. The topological polar surface area (TPSA) is 12.9 Å². The number of hydrogen-bond acceptors (Lipinski definition) is 2. The normalized spacial score (nSPS) is 10.4. The Hall–Kier alpha value is -0.283. The van der Waals surface area contributed by atoms with Crippen molar-refractivity contribution in [3.05, 3.63) is 16.8 Å². The molecule has 0 saturated heterocycles.